The van der Waals surface area contributed by atoms with E-state index in [4.69, 9.17) is 15.2 Å². The smallest absolute Gasteiger partial charge is 0.207 e. The van der Waals surface area contributed by atoms with Crippen molar-refractivity contribution in [2.24, 2.45) is 0 Å². The second-order valence-corrected chi connectivity index (χ2v) is 5.38. The maximum atomic E-state index is 10.3. The zero-order chi connectivity index (χ0) is 17.3. The number of methoxy groups -OCH3 is 1. The molecule has 0 radical (unpaired) electrons. The van der Waals surface area contributed by atoms with Gasteiger partial charge in [-0.15, -0.1) is 0 Å². The number of anilines is 2. The Hall–Kier alpha value is -2.05. The van der Waals surface area contributed by atoms with Crippen molar-refractivity contribution in [2.75, 3.05) is 37.9 Å². The average Bonchev–Trinajstić information content (AvgIpc) is 3.07. The Bertz CT molecular complexity index is 709. The number of nitrogens with one attached hydrogen (secondary N) is 1. The van der Waals surface area contributed by atoms with Crippen LogP contribution in [0.2, 0.25) is 0 Å². The summed E-state index contributed by atoms with van der Waals surface area (Å²) < 4.78 is 12.1. The molecule has 11 nitrogen and oxygen atoms in total. The van der Waals surface area contributed by atoms with Gasteiger partial charge in [-0.1, -0.05) is 0 Å². The summed E-state index contributed by atoms with van der Waals surface area (Å²) in [6.07, 6.45) is -3.12. The molecule has 1 aliphatic heterocycles. The van der Waals surface area contributed by atoms with E-state index < -0.39 is 31.1 Å². The molecule has 24 heavy (non-hydrogen) atoms. The third kappa shape index (κ3) is 2.76. The standard InChI is InChI=1S/C13H20N6O5/c1-23-3-2-15-13-18-7-10(14)16-5-17-11(7)19(13)12-9(22)8(21)6(4-20)24-12/h5-6,8-9,12,20-22H,2-4H2,1H3,(H,15,18)(H2,14,16,17)/t6-,8+,9-,12-/m1/s1. The van der Waals surface area contributed by atoms with E-state index in [1.807, 2.05) is 0 Å². The first-order chi connectivity index (χ1) is 11.6. The number of fused-ring (bicyclic) bond motifs is 1. The van der Waals surface area contributed by atoms with Crippen molar-refractivity contribution < 1.29 is 24.8 Å². The number of rotatable bonds is 6. The zero-order valence-electron chi connectivity index (χ0n) is 13.0. The quantitative estimate of drug-likeness (QED) is 0.375. The summed E-state index contributed by atoms with van der Waals surface area (Å²) in [7, 11) is 1.57. The van der Waals surface area contributed by atoms with Gasteiger partial charge in [0.15, 0.2) is 23.2 Å². The highest BCUT2D eigenvalue weighted by Crippen LogP contribution is 2.34. The number of hydrogen-bond acceptors (Lipinski definition) is 10. The number of nitrogens with two attached hydrogens (primary N) is 1. The summed E-state index contributed by atoms with van der Waals surface area (Å²) in [6.45, 7) is 0.452. The molecule has 132 valence electrons. The first-order valence-electron chi connectivity index (χ1n) is 7.42. The van der Waals surface area contributed by atoms with E-state index in [0.717, 1.165) is 0 Å². The predicted octanol–water partition coefficient (Wildman–Crippen LogP) is -1.92. The third-order valence-electron chi connectivity index (χ3n) is 3.87. The topological polar surface area (TPSA) is 161 Å². The summed E-state index contributed by atoms with van der Waals surface area (Å²) in [6, 6.07) is 0. The molecule has 0 saturated carbocycles. The fourth-order valence-electron chi connectivity index (χ4n) is 2.65. The predicted molar refractivity (Wildman–Crippen MR) is 83.1 cm³/mol. The Morgan fingerprint density at radius 3 is 2.83 bits per heavy atom. The lowest BCUT2D eigenvalue weighted by Gasteiger charge is -2.19. The first-order valence-corrected chi connectivity index (χ1v) is 7.42. The van der Waals surface area contributed by atoms with Crippen LogP contribution in [0.5, 0.6) is 0 Å². The van der Waals surface area contributed by atoms with E-state index in [1.165, 1.54) is 10.9 Å². The largest absolute Gasteiger partial charge is 0.394 e. The van der Waals surface area contributed by atoms with Crippen LogP contribution in [0.4, 0.5) is 11.8 Å². The summed E-state index contributed by atoms with van der Waals surface area (Å²) in [5.41, 5.74) is 6.52. The highest BCUT2D eigenvalue weighted by atomic mass is 16.6. The van der Waals surface area contributed by atoms with Crippen LogP contribution in [0.25, 0.3) is 11.2 Å². The Balaban J connectivity index is 2.04. The van der Waals surface area contributed by atoms with E-state index in [9.17, 15) is 15.3 Å². The molecule has 0 unspecified atom stereocenters. The Labute approximate surface area is 137 Å². The fraction of sp³-hybridized carbons (Fsp3) is 0.615. The number of aromatic nitrogens is 4. The lowest BCUT2D eigenvalue weighted by Crippen LogP contribution is -2.33. The maximum Gasteiger partial charge on any atom is 0.207 e. The summed E-state index contributed by atoms with van der Waals surface area (Å²) in [5, 5.41) is 32.6. The van der Waals surface area contributed by atoms with Crippen LogP contribution in [0.1, 0.15) is 6.23 Å². The van der Waals surface area contributed by atoms with Gasteiger partial charge in [-0.2, -0.15) is 0 Å². The van der Waals surface area contributed by atoms with Crippen molar-refractivity contribution >= 4 is 22.9 Å². The molecule has 4 atom stereocenters. The van der Waals surface area contributed by atoms with Crippen molar-refractivity contribution in [1.29, 1.82) is 0 Å². The number of imidazole rings is 1. The van der Waals surface area contributed by atoms with Crippen LogP contribution in [0.15, 0.2) is 6.33 Å². The van der Waals surface area contributed by atoms with Gasteiger partial charge in [0.1, 0.15) is 24.6 Å². The average molecular weight is 340 g/mol. The normalized spacial score (nSPS) is 27.0. The maximum absolute atomic E-state index is 10.3. The van der Waals surface area contributed by atoms with E-state index >= 15 is 0 Å². The molecule has 3 rings (SSSR count). The highest BCUT2D eigenvalue weighted by molar-refractivity contribution is 5.84. The summed E-state index contributed by atoms with van der Waals surface area (Å²) >= 11 is 0. The first kappa shape index (κ1) is 16.8. The van der Waals surface area contributed by atoms with Gasteiger partial charge < -0.3 is 35.8 Å². The molecular formula is C13H20N6O5. The highest BCUT2D eigenvalue weighted by Gasteiger charge is 2.45. The fourth-order valence-corrected chi connectivity index (χ4v) is 2.65. The molecule has 1 aliphatic rings. The molecule has 0 bridgehead atoms. The lowest BCUT2D eigenvalue weighted by atomic mass is 10.1. The Morgan fingerprint density at radius 2 is 2.17 bits per heavy atom. The molecule has 0 aromatic carbocycles. The van der Waals surface area contributed by atoms with Crippen molar-refractivity contribution in [3.05, 3.63) is 6.33 Å². The molecule has 0 spiro atoms. The number of aliphatic hydroxyl groups excluding tert-OH is 3. The Morgan fingerprint density at radius 1 is 1.38 bits per heavy atom. The monoisotopic (exact) mass is 340 g/mol. The zero-order valence-corrected chi connectivity index (χ0v) is 13.0. The number of hydrogen-bond donors (Lipinski definition) is 5. The van der Waals surface area contributed by atoms with Gasteiger partial charge in [0, 0.05) is 13.7 Å². The van der Waals surface area contributed by atoms with Gasteiger partial charge in [-0.25, -0.2) is 15.0 Å². The molecule has 11 heteroatoms. The minimum atomic E-state index is -1.27. The van der Waals surface area contributed by atoms with Crippen LogP contribution in [0, 0.1) is 0 Å². The third-order valence-corrected chi connectivity index (χ3v) is 3.87. The van der Waals surface area contributed by atoms with Crippen LogP contribution in [0.3, 0.4) is 0 Å². The van der Waals surface area contributed by atoms with Crippen molar-refractivity contribution in [1.82, 2.24) is 19.5 Å². The van der Waals surface area contributed by atoms with Gasteiger partial charge in [0.2, 0.25) is 5.95 Å². The van der Waals surface area contributed by atoms with Crippen LogP contribution >= 0.6 is 0 Å². The second kappa shape index (κ2) is 6.83. The molecule has 2 aromatic heterocycles. The van der Waals surface area contributed by atoms with E-state index in [-0.39, 0.29) is 5.82 Å². The van der Waals surface area contributed by atoms with Gasteiger partial charge in [0.25, 0.3) is 0 Å². The molecule has 6 N–H and O–H groups in total. The molecule has 1 fully saturated rings. The van der Waals surface area contributed by atoms with Gasteiger partial charge in [-0.05, 0) is 0 Å². The molecule has 3 heterocycles. The molecular weight excluding hydrogens is 320 g/mol. The number of ether oxygens (including phenoxy) is 2. The molecule has 0 aliphatic carbocycles. The van der Waals surface area contributed by atoms with Gasteiger partial charge in [0.05, 0.1) is 13.2 Å². The van der Waals surface area contributed by atoms with E-state index in [0.29, 0.717) is 30.3 Å². The molecule has 1 saturated heterocycles. The van der Waals surface area contributed by atoms with Gasteiger partial charge in [-0.3, -0.25) is 4.57 Å². The number of nitrogens with zero attached hydrogens (tertiary/aromatic N) is 4. The van der Waals surface area contributed by atoms with Crippen molar-refractivity contribution in [3.63, 3.8) is 0 Å². The van der Waals surface area contributed by atoms with Crippen molar-refractivity contribution in [2.45, 2.75) is 24.5 Å². The van der Waals surface area contributed by atoms with Gasteiger partial charge >= 0.3 is 0 Å². The number of nitrogen functional groups attached to an aromatic ring is 1. The van der Waals surface area contributed by atoms with Crippen LogP contribution < -0.4 is 11.1 Å². The minimum absolute atomic E-state index is 0.181. The van der Waals surface area contributed by atoms with Crippen LogP contribution in [-0.4, -0.2) is 80.0 Å². The number of aliphatic hydroxyl groups is 3. The molecule has 2 aromatic rings. The SMILES string of the molecule is COCCNc1nc2c(N)ncnc2n1[C@@H]1O[C@H](CO)[C@H](O)[C@H]1O. The second-order valence-electron chi connectivity index (χ2n) is 5.38. The summed E-state index contributed by atoms with van der Waals surface area (Å²) in [5.74, 6) is 0.518. The van der Waals surface area contributed by atoms with E-state index in [1.54, 1.807) is 7.11 Å². The molecule has 0 amide bonds. The Kier molecular flexibility index (Phi) is 4.78. The van der Waals surface area contributed by atoms with Crippen molar-refractivity contribution in [3.8, 4) is 0 Å². The summed E-state index contributed by atoms with van der Waals surface area (Å²) in [4.78, 5) is 12.4. The van der Waals surface area contributed by atoms with E-state index in [2.05, 4.69) is 20.3 Å². The lowest BCUT2D eigenvalue weighted by molar-refractivity contribution is -0.0501. The van der Waals surface area contributed by atoms with Crippen LogP contribution in [-0.2, 0) is 9.47 Å². The minimum Gasteiger partial charge on any atom is -0.394 e.